The fourth-order valence-corrected chi connectivity index (χ4v) is 1.35. The zero-order valence-corrected chi connectivity index (χ0v) is 7.80. The van der Waals surface area contributed by atoms with Gasteiger partial charge in [0.05, 0.1) is 5.02 Å². The maximum Gasteiger partial charge on any atom is 0.524 e. The molecule has 0 heterocycles. The van der Waals surface area contributed by atoms with Crippen LogP contribution in [0.15, 0.2) is 18.2 Å². The number of benzene rings is 1. The minimum Gasteiger partial charge on any atom is -0.403 e. The van der Waals surface area contributed by atoms with Gasteiger partial charge in [0.15, 0.2) is 0 Å². The van der Waals surface area contributed by atoms with Gasteiger partial charge in [-0.1, -0.05) is 11.6 Å². The molecule has 0 saturated heterocycles. The first-order chi connectivity index (χ1) is 5.88. The van der Waals surface area contributed by atoms with E-state index in [0.29, 0.717) is 0 Å². The monoisotopic (exact) mass is 226 g/mol. The molecular formula is C6H5ClFO4P. The van der Waals surface area contributed by atoms with Gasteiger partial charge in [0, 0.05) is 0 Å². The van der Waals surface area contributed by atoms with Crippen molar-refractivity contribution in [3.05, 3.63) is 29.0 Å². The highest BCUT2D eigenvalue weighted by Crippen LogP contribution is 2.40. The van der Waals surface area contributed by atoms with E-state index in [1.807, 2.05) is 0 Å². The molecule has 0 spiro atoms. The number of phosphoric ester groups is 1. The third-order valence-electron chi connectivity index (χ3n) is 1.11. The second-order valence-electron chi connectivity index (χ2n) is 2.16. The van der Waals surface area contributed by atoms with Crippen molar-refractivity contribution in [2.75, 3.05) is 0 Å². The predicted molar refractivity (Wildman–Crippen MR) is 44.1 cm³/mol. The normalized spacial score (nSPS) is 11.4. The van der Waals surface area contributed by atoms with Gasteiger partial charge < -0.3 is 4.52 Å². The first-order valence-electron chi connectivity index (χ1n) is 3.09. The number of phosphoric acid groups is 1. The van der Waals surface area contributed by atoms with E-state index in [4.69, 9.17) is 21.4 Å². The second-order valence-corrected chi connectivity index (χ2v) is 3.73. The van der Waals surface area contributed by atoms with Crippen LogP contribution in [0.2, 0.25) is 5.02 Å². The highest BCUT2D eigenvalue weighted by molar-refractivity contribution is 7.46. The fraction of sp³-hybridized carbons (Fsp3) is 0. The van der Waals surface area contributed by atoms with Crippen molar-refractivity contribution in [3.63, 3.8) is 0 Å². The minimum absolute atomic E-state index is 0.191. The molecule has 0 aliphatic rings. The molecule has 0 radical (unpaired) electrons. The second kappa shape index (κ2) is 3.64. The largest absolute Gasteiger partial charge is 0.524 e. The summed E-state index contributed by atoms with van der Waals surface area (Å²) >= 11 is 5.43. The van der Waals surface area contributed by atoms with Crippen molar-refractivity contribution in [1.29, 1.82) is 0 Å². The van der Waals surface area contributed by atoms with Crippen LogP contribution >= 0.6 is 19.4 Å². The van der Waals surface area contributed by atoms with E-state index in [1.54, 1.807) is 0 Å². The van der Waals surface area contributed by atoms with E-state index in [2.05, 4.69) is 4.52 Å². The van der Waals surface area contributed by atoms with E-state index in [-0.39, 0.29) is 10.8 Å². The standard InChI is InChI=1S/C6H5ClFO4P/c7-5-3-4(8)1-2-6(5)12-13(9,10)11/h1-3H,(H2,9,10,11). The summed E-state index contributed by atoms with van der Waals surface area (Å²) in [4.78, 5) is 16.8. The lowest BCUT2D eigenvalue weighted by Crippen LogP contribution is -1.91. The third kappa shape index (κ3) is 3.32. The van der Waals surface area contributed by atoms with Crippen LogP contribution in [0.3, 0.4) is 0 Å². The summed E-state index contributed by atoms with van der Waals surface area (Å²) in [6, 6.07) is 2.92. The average molecular weight is 227 g/mol. The van der Waals surface area contributed by atoms with E-state index >= 15 is 0 Å². The van der Waals surface area contributed by atoms with E-state index < -0.39 is 13.6 Å². The van der Waals surface area contributed by atoms with Crippen LogP contribution in [0.25, 0.3) is 0 Å². The molecule has 4 nitrogen and oxygen atoms in total. The zero-order chi connectivity index (χ0) is 10.1. The molecule has 7 heteroatoms. The third-order valence-corrected chi connectivity index (χ3v) is 1.84. The summed E-state index contributed by atoms with van der Waals surface area (Å²) in [7, 11) is -4.64. The molecule has 1 rings (SSSR count). The van der Waals surface area contributed by atoms with Gasteiger partial charge in [0.2, 0.25) is 0 Å². The Kier molecular flexibility index (Phi) is 2.93. The molecule has 72 valence electrons. The molecule has 0 aliphatic carbocycles. The highest BCUT2D eigenvalue weighted by Gasteiger charge is 2.17. The van der Waals surface area contributed by atoms with Crippen LogP contribution in [-0.4, -0.2) is 9.79 Å². The minimum atomic E-state index is -4.64. The predicted octanol–water partition coefficient (Wildman–Crippen LogP) is 1.95. The molecule has 13 heavy (non-hydrogen) atoms. The summed E-state index contributed by atoms with van der Waals surface area (Å²) in [5.41, 5.74) is 0. The Bertz CT molecular complexity index is 364. The molecule has 0 fully saturated rings. The molecule has 0 bridgehead atoms. The molecule has 0 aromatic heterocycles. The Labute approximate surface area is 78.2 Å². The smallest absolute Gasteiger partial charge is 0.403 e. The number of rotatable bonds is 2. The molecular weight excluding hydrogens is 221 g/mol. The van der Waals surface area contributed by atoms with E-state index in [1.165, 1.54) is 0 Å². The highest BCUT2D eigenvalue weighted by atomic mass is 35.5. The Balaban J connectivity index is 2.97. The van der Waals surface area contributed by atoms with Crippen molar-refractivity contribution >= 4 is 19.4 Å². The van der Waals surface area contributed by atoms with Crippen molar-refractivity contribution in [3.8, 4) is 5.75 Å². The molecule has 0 amide bonds. The summed E-state index contributed by atoms with van der Waals surface area (Å²) < 4.78 is 27.0. The first-order valence-corrected chi connectivity index (χ1v) is 4.99. The SMILES string of the molecule is O=P(O)(O)Oc1ccc(F)cc1Cl. The Morgan fingerprint density at radius 2 is 2.08 bits per heavy atom. The quantitative estimate of drug-likeness (QED) is 0.757. The Hall–Kier alpha value is -0.610. The molecule has 0 aliphatic heterocycles. The molecule has 1 aromatic carbocycles. The summed E-state index contributed by atoms with van der Waals surface area (Å²) in [6.07, 6.45) is 0. The van der Waals surface area contributed by atoms with Gasteiger partial charge in [0.25, 0.3) is 0 Å². The molecule has 1 aromatic rings. The maximum atomic E-state index is 12.4. The van der Waals surface area contributed by atoms with Gasteiger partial charge >= 0.3 is 7.82 Å². The van der Waals surface area contributed by atoms with Crippen molar-refractivity contribution in [1.82, 2.24) is 0 Å². The lowest BCUT2D eigenvalue weighted by atomic mass is 10.3. The maximum absolute atomic E-state index is 12.4. The van der Waals surface area contributed by atoms with Gasteiger partial charge in [-0.15, -0.1) is 0 Å². The van der Waals surface area contributed by atoms with Gasteiger partial charge in [0.1, 0.15) is 11.6 Å². The molecule has 0 saturated carbocycles. The lowest BCUT2D eigenvalue weighted by molar-refractivity contribution is 0.283. The molecule has 0 unspecified atom stereocenters. The van der Waals surface area contributed by atoms with Gasteiger partial charge in [-0.25, -0.2) is 8.96 Å². The van der Waals surface area contributed by atoms with Crippen LogP contribution in [-0.2, 0) is 4.57 Å². The molecule has 0 atom stereocenters. The van der Waals surface area contributed by atoms with Gasteiger partial charge in [-0.05, 0) is 18.2 Å². The van der Waals surface area contributed by atoms with Crippen molar-refractivity contribution in [2.24, 2.45) is 0 Å². The summed E-state index contributed by atoms with van der Waals surface area (Å²) in [5.74, 6) is -0.862. The van der Waals surface area contributed by atoms with Gasteiger partial charge in [-0.3, -0.25) is 9.79 Å². The summed E-state index contributed by atoms with van der Waals surface area (Å²) in [5, 5.41) is -0.191. The number of hydrogen-bond acceptors (Lipinski definition) is 2. The van der Waals surface area contributed by atoms with E-state index in [0.717, 1.165) is 18.2 Å². The van der Waals surface area contributed by atoms with E-state index in [9.17, 15) is 8.96 Å². The first kappa shape index (κ1) is 10.5. The van der Waals surface area contributed by atoms with Crippen molar-refractivity contribution < 1.29 is 23.3 Å². The lowest BCUT2D eigenvalue weighted by Gasteiger charge is -2.07. The Morgan fingerprint density at radius 1 is 1.46 bits per heavy atom. The van der Waals surface area contributed by atoms with Crippen LogP contribution in [0.4, 0.5) is 4.39 Å². The Morgan fingerprint density at radius 3 is 2.54 bits per heavy atom. The average Bonchev–Trinajstić information content (AvgIpc) is 1.93. The number of halogens is 2. The molecule has 2 N–H and O–H groups in total. The summed E-state index contributed by atoms with van der Waals surface area (Å²) in [6.45, 7) is 0. The topological polar surface area (TPSA) is 66.8 Å². The van der Waals surface area contributed by atoms with Crippen LogP contribution in [0.1, 0.15) is 0 Å². The number of hydrogen-bond donors (Lipinski definition) is 2. The van der Waals surface area contributed by atoms with Crippen LogP contribution in [0, 0.1) is 5.82 Å². The van der Waals surface area contributed by atoms with Crippen LogP contribution < -0.4 is 4.52 Å². The van der Waals surface area contributed by atoms with Gasteiger partial charge in [-0.2, -0.15) is 0 Å². The zero-order valence-electron chi connectivity index (χ0n) is 6.15. The van der Waals surface area contributed by atoms with Crippen LogP contribution in [0.5, 0.6) is 5.75 Å². The fourth-order valence-electron chi connectivity index (χ4n) is 0.677. The van der Waals surface area contributed by atoms with Crippen molar-refractivity contribution in [2.45, 2.75) is 0 Å².